The first-order valence-corrected chi connectivity index (χ1v) is 5.53. The minimum atomic E-state index is -0.366. The molecule has 0 saturated heterocycles. The Balaban J connectivity index is 1.77. The Morgan fingerprint density at radius 1 is 1.11 bits per heavy atom. The quantitative estimate of drug-likeness (QED) is 0.873. The third-order valence-corrected chi connectivity index (χ3v) is 2.40. The van der Waals surface area contributed by atoms with Gasteiger partial charge in [-0.15, -0.1) is 0 Å². The summed E-state index contributed by atoms with van der Waals surface area (Å²) in [6.45, 7) is 0.451. The summed E-state index contributed by atoms with van der Waals surface area (Å²) >= 11 is 0. The molecule has 2 rings (SSSR count). The molecule has 2 amide bonds. The van der Waals surface area contributed by atoms with Gasteiger partial charge in [0.2, 0.25) is 0 Å². The summed E-state index contributed by atoms with van der Waals surface area (Å²) in [5.74, 6) is 0.333. The molecular weight excluding hydrogens is 235 g/mol. The van der Waals surface area contributed by atoms with Crippen LogP contribution in [0.5, 0.6) is 0 Å². The molecular formula is C13H13FN2O2. The molecule has 4 nitrogen and oxygen atoms in total. The fourth-order valence-electron chi connectivity index (χ4n) is 1.46. The lowest BCUT2D eigenvalue weighted by Crippen LogP contribution is -2.34. The van der Waals surface area contributed by atoms with Gasteiger partial charge >= 0.3 is 6.03 Å². The third-order valence-electron chi connectivity index (χ3n) is 2.40. The van der Waals surface area contributed by atoms with Crippen LogP contribution in [-0.2, 0) is 13.1 Å². The van der Waals surface area contributed by atoms with Gasteiger partial charge in [-0.1, -0.05) is 18.2 Å². The molecule has 0 bridgehead atoms. The Kier molecular flexibility index (Phi) is 3.96. The second-order valence-electron chi connectivity index (χ2n) is 3.71. The molecule has 1 aromatic carbocycles. The van der Waals surface area contributed by atoms with Crippen LogP contribution in [0.4, 0.5) is 9.18 Å². The number of hydrogen-bond donors (Lipinski definition) is 2. The molecule has 0 unspecified atom stereocenters. The molecule has 94 valence electrons. The van der Waals surface area contributed by atoms with E-state index in [0.717, 1.165) is 0 Å². The van der Waals surface area contributed by atoms with E-state index in [-0.39, 0.29) is 18.4 Å². The maximum Gasteiger partial charge on any atom is 0.315 e. The summed E-state index contributed by atoms with van der Waals surface area (Å²) in [6.07, 6.45) is 1.54. The molecule has 0 atom stereocenters. The molecule has 0 saturated carbocycles. The first kappa shape index (κ1) is 12.2. The van der Waals surface area contributed by atoms with Crippen molar-refractivity contribution >= 4 is 6.03 Å². The minimum Gasteiger partial charge on any atom is -0.467 e. The summed E-state index contributed by atoms with van der Waals surface area (Å²) < 4.78 is 18.3. The molecule has 1 aromatic heterocycles. The molecule has 2 aromatic rings. The minimum absolute atomic E-state index is 0.149. The van der Waals surface area contributed by atoms with Gasteiger partial charge in [-0.2, -0.15) is 0 Å². The van der Waals surface area contributed by atoms with Crippen molar-refractivity contribution in [2.75, 3.05) is 0 Å². The highest BCUT2D eigenvalue weighted by Crippen LogP contribution is 2.05. The Labute approximate surface area is 104 Å². The number of urea groups is 1. The maximum atomic E-state index is 13.3. The number of nitrogens with one attached hydrogen (secondary N) is 2. The standard InChI is InChI=1S/C13H13FN2O2/c14-12-6-2-1-4-10(12)8-15-13(17)16-9-11-5-3-7-18-11/h1-7H,8-9H2,(H2,15,16,17). The molecule has 0 radical (unpaired) electrons. The molecule has 0 fully saturated rings. The zero-order valence-electron chi connectivity index (χ0n) is 9.65. The van der Waals surface area contributed by atoms with Crippen molar-refractivity contribution in [2.24, 2.45) is 0 Å². The molecule has 1 heterocycles. The average Bonchev–Trinajstić information content (AvgIpc) is 2.88. The third kappa shape index (κ3) is 3.35. The van der Waals surface area contributed by atoms with Crippen LogP contribution in [0.25, 0.3) is 0 Å². The van der Waals surface area contributed by atoms with Gasteiger partial charge in [0.15, 0.2) is 0 Å². The van der Waals surface area contributed by atoms with Gasteiger partial charge in [-0.25, -0.2) is 9.18 Å². The maximum absolute atomic E-state index is 13.3. The van der Waals surface area contributed by atoms with Gasteiger partial charge in [0.05, 0.1) is 12.8 Å². The average molecular weight is 248 g/mol. The van der Waals surface area contributed by atoms with E-state index in [4.69, 9.17) is 4.42 Å². The van der Waals surface area contributed by atoms with Crippen molar-refractivity contribution in [1.29, 1.82) is 0 Å². The molecule has 0 aliphatic carbocycles. The second-order valence-corrected chi connectivity index (χ2v) is 3.71. The molecule has 0 spiro atoms. The predicted octanol–water partition coefficient (Wildman–Crippen LogP) is 2.42. The fourth-order valence-corrected chi connectivity index (χ4v) is 1.46. The smallest absolute Gasteiger partial charge is 0.315 e. The van der Waals surface area contributed by atoms with Gasteiger partial charge in [-0.3, -0.25) is 0 Å². The Bertz CT molecular complexity index is 511. The van der Waals surface area contributed by atoms with Crippen LogP contribution < -0.4 is 10.6 Å². The zero-order valence-corrected chi connectivity index (χ0v) is 9.65. The zero-order chi connectivity index (χ0) is 12.8. The first-order chi connectivity index (χ1) is 8.75. The lowest BCUT2D eigenvalue weighted by Gasteiger charge is -2.07. The van der Waals surface area contributed by atoms with E-state index in [1.54, 1.807) is 30.3 Å². The highest BCUT2D eigenvalue weighted by atomic mass is 19.1. The van der Waals surface area contributed by atoms with E-state index in [9.17, 15) is 9.18 Å². The predicted molar refractivity (Wildman–Crippen MR) is 64.2 cm³/mol. The summed E-state index contributed by atoms with van der Waals surface area (Å²) in [4.78, 5) is 11.4. The fraction of sp³-hybridized carbons (Fsp3) is 0.154. The van der Waals surface area contributed by atoms with Crippen LogP contribution in [0.2, 0.25) is 0 Å². The van der Waals surface area contributed by atoms with Gasteiger partial charge in [0, 0.05) is 12.1 Å². The van der Waals surface area contributed by atoms with Crippen molar-refractivity contribution in [3.63, 3.8) is 0 Å². The van der Waals surface area contributed by atoms with E-state index in [0.29, 0.717) is 17.9 Å². The van der Waals surface area contributed by atoms with Crippen LogP contribution in [0.3, 0.4) is 0 Å². The van der Waals surface area contributed by atoms with Crippen molar-refractivity contribution in [2.45, 2.75) is 13.1 Å². The van der Waals surface area contributed by atoms with Gasteiger partial charge in [0.25, 0.3) is 0 Å². The van der Waals surface area contributed by atoms with Gasteiger partial charge in [-0.05, 0) is 18.2 Å². The number of carbonyl (C=O) groups excluding carboxylic acids is 1. The topological polar surface area (TPSA) is 54.3 Å². The van der Waals surface area contributed by atoms with Crippen molar-refractivity contribution in [3.05, 3.63) is 59.8 Å². The molecule has 5 heteroatoms. The lowest BCUT2D eigenvalue weighted by molar-refractivity contribution is 0.239. The van der Waals surface area contributed by atoms with Crippen LogP contribution in [-0.4, -0.2) is 6.03 Å². The SMILES string of the molecule is O=C(NCc1ccco1)NCc1ccccc1F. The highest BCUT2D eigenvalue weighted by Gasteiger charge is 2.04. The van der Waals surface area contributed by atoms with Crippen molar-refractivity contribution in [3.8, 4) is 0 Å². The Morgan fingerprint density at radius 2 is 1.89 bits per heavy atom. The summed E-state index contributed by atoms with van der Waals surface area (Å²) in [5.41, 5.74) is 0.450. The van der Waals surface area contributed by atoms with Gasteiger partial charge in [0.1, 0.15) is 11.6 Å². The van der Waals surface area contributed by atoms with E-state index < -0.39 is 0 Å². The normalized spacial score (nSPS) is 10.1. The van der Waals surface area contributed by atoms with Crippen LogP contribution in [0, 0.1) is 5.82 Å². The van der Waals surface area contributed by atoms with Crippen LogP contribution in [0.15, 0.2) is 47.1 Å². The highest BCUT2D eigenvalue weighted by molar-refractivity contribution is 5.73. The largest absolute Gasteiger partial charge is 0.467 e. The Hall–Kier alpha value is -2.30. The molecule has 18 heavy (non-hydrogen) atoms. The number of halogens is 1. The van der Waals surface area contributed by atoms with E-state index >= 15 is 0 Å². The monoisotopic (exact) mass is 248 g/mol. The van der Waals surface area contributed by atoms with Crippen LogP contribution >= 0.6 is 0 Å². The number of rotatable bonds is 4. The molecule has 0 aliphatic heterocycles. The molecule has 0 aliphatic rings. The van der Waals surface area contributed by atoms with Crippen molar-refractivity contribution < 1.29 is 13.6 Å². The first-order valence-electron chi connectivity index (χ1n) is 5.53. The number of furan rings is 1. The van der Waals surface area contributed by atoms with E-state index in [2.05, 4.69) is 10.6 Å². The number of carbonyl (C=O) groups is 1. The summed E-state index contributed by atoms with van der Waals surface area (Å²) in [5, 5.41) is 5.18. The number of benzene rings is 1. The van der Waals surface area contributed by atoms with E-state index in [1.165, 1.54) is 12.3 Å². The van der Waals surface area contributed by atoms with Crippen molar-refractivity contribution in [1.82, 2.24) is 10.6 Å². The summed E-state index contributed by atoms with van der Waals surface area (Å²) in [6, 6.07) is 9.46. The lowest BCUT2D eigenvalue weighted by atomic mass is 10.2. The van der Waals surface area contributed by atoms with Crippen LogP contribution in [0.1, 0.15) is 11.3 Å². The van der Waals surface area contributed by atoms with Gasteiger partial charge < -0.3 is 15.1 Å². The Morgan fingerprint density at radius 3 is 2.61 bits per heavy atom. The number of amides is 2. The van der Waals surface area contributed by atoms with E-state index in [1.807, 2.05) is 0 Å². The summed E-state index contributed by atoms with van der Waals surface area (Å²) in [7, 11) is 0. The second kappa shape index (κ2) is 5.86. The molecule has 2 N–H and O–H groups in total. The number of hydrogen-bond acceptors (Lipinski definition) is 2.